The van der Waals surface area contributed by atoms with Crippen molar-refractivity contribution in [2.24, 2.45) is 0 Å². The van der Waals surface area contributed by atoms with E-state index in [1.54, 1.807) is 14.2 Å². The van der Waals surface area contributed by atoms with Crippen molar-refractivity contribution in [1.82, 2.24) is 19.9 Å². The normalized spacial score (nSPS) is 11.9. The van der Waals surface area contributed by atoms with E-state index in [-0.39, 0.29) is 0 Å². The Labute approximate surface area is 315 Å². The third-order valence-electron chi connectivity index (χ3n) is 9.71. The molecule has 7 heteroatoms. The van der Waals surface area contributed by atoms with Crippen LogP contribution in [0, 0.1) is 0 Å². The van der Waals surface area contributed by atoms with Gasteiger partial charge in [-0.3, -0.25) is 0 Å². The van der Waals surface area contributed by atoms with E-state index < -0.39 is 0 Å². The summed E-state index contributed by atoms with van der Waals surface area (Å²) in [5.41, 5.74) is 15.3. The molecule has 256 valence electrons. The maximum atomic E-state index is 5.52. The molecule has 0 spiro atoms. The van der Waals surface area contributed by atoms with Crippen LogP contribution in [0.1, 0.15) is 22.8 Å². The van der Waals surface area contributed by atoms with Crippen molar-refractivity contribution in [3.63, 3.8) is 0 Å². The first-order chi connectivity index (χ1) is 26.1. The van der Waals surface area contributed by atoms with E-state index in [1.165, 1.54) is 0 Å². The summed E-state index contributed by atoms with van der Waals surface area (Å²) in [4.78, 5) is 18.3. The molecule has 7 aromatic rings. The van der Waals surface area contributed by atoms with E-state index >= 15 is 0 Å². The van der Waals surface area contributed by atoms with Crippen LogP contribution >= 0.6 is 15.9 Å². The summed E-state index contributed by atoms with van der Waals surface area (Å²) in [5.74, 6) is 1.58. The lowest BCUT2D eigenvalue weighted by atomic mass is 10.0. The number of methoxy groups -OCH3 is 2. The molecule has 9 rings (SSSR count). The Kier molecular flexibility index (Phi) is 8.33. The molecule has 4 aromatic carbocycles. The molecule has 0 fully saturated rings. The lowest BCUT2D eigenvalue weighted by Gasteiger charge is -2.08. The van der Waals surface area contributed by atoms with Crippen LogP contribution in [0.15, 0.2) is 132 Å². The van der Waals surface area contributed by atoms with Gasteiger partial charge in [-0.05, 0) is 107 Å². The second-order valence-electron chi connectivity index (χ2n) is 12.8. The predicted molar refractivity (Wildman–Crippen MR) is 221 cm³/mol. The Morgan fingerprint density at radius 3 is 1.06 bits per heavy atom. The highest BCUT2D eigenvalue weighted by molar-refractivity contribution is 9.10. The molecule has 0 radical (unpaired) electrons. The lowest BCUT2D eigenvalue weighted by molar-refractivity contribution is 0.415. The van der Waals surface area contributed by atoms with E-state index in [4.69, 9.17) is 19.4 Å². The van der Waals surface area contributed by atoms with Crippen molar-refractivity contribution in [2.45, 2.75) is 0 Å². The van der Waals surface area contributed by atoms with Gasteiger partial charge in [0.2, 0.25) is 0 Å². The number of nitrogens with zero attached hydrogens (tertiary/aromatic N) is 2. The molecular formula is C46H33BrN4O2. The lowest BCUT2D eigenvalue weighted by Crippen LogP contribution is -1.90. The molecular weight excluding hydrogens is 720 g/mol. The highest BCUT2D eigenvalue weighted by atomic mass is 79.9. The monoisotopic (exact) mass is 752 g/mol. The van der Waals surface area contributed by atoms with Gasteiger partial charge in [-0.1, -0.05) is 82.7 Å². The van der Waals surface area contributed by atoms with Gasteiger partial charge in [-0.15, -0.1) is 0 Å². The molecule has 0 saturated carbocycles. The van der Waals surface area contributed by atoms with Crippen molar-refractivity contribution in [2.75, 3.05) is 14.2 Å². The fraction of sp³-hybridized carbons (Fsp3) is 0.0435. The van der Waals surface area contributed by atoms with Crippen molar-refractivity contribution in [1.29, 1.82) is 0 Å². The van der Waals surface area contributed by atoms with Crippen molar-refractivity contribution < 1.29 is 9.47 Å². The number of H-pyrrole nitrogens is 2. The standard InChI is InChI=1S/C46H33BrN4O2/c1-52-33-16-10-30(11-17-33)45-39-23-21-36(49-39)43(28-6-4-3-5-7-28)35-20-22-37(48-35)44(29-8-14-32(47)15-9-29)38-24-25-40(50-38)46(42-27-26-41(45)51-42)31-12-18-34(53-2)19-13-31/h3-27,48,51H,1-2H3. The van der Waals surface area contributed by atoms with Crippen LogP contribution in [0.2, 0.25) is 0 Å². The molecule has 53 heavy (non-hydrogen) atoms. The minimum atomic E-state index is 0.791. The minimum Gasteiger partial charge on any atom is -0.497 e. The quantitative estimate of drug-likeness (QED) is 0.177. The third kappa shape index (κ3) is 6.05. The van der Waals surface area contributed by atoms with Crippen LogP contribution in [0.4, 0.5) is 0 Å². The molecule has 0 unspecified atom stereocenters. The van der Waals surface area contributed by atoms with Crippen LogP contribution in [-0.4, -0.2) is 34.2 Å². The van der Waals surface area contributed by atoms with E-state index in [9.17, 15) is 0 Å². The maximum absolute atomic E-state index is 5.52. The van der Waals surface area contributed by atoms with Crippen LogP contribution in [-0.2, 0) is 0 Å². The zero-order valence-electron chi connectivity index (χ0n) is 29.0. The summed E-state index contributed by atoms with van der Waals surface area (Å²) in [6.07, 6.45) is 8.44. The summed E-state index contributed by atoms with van der Waals surface area (Å²) in [6.45, 7) is 0. The average Bonchev–Trinajstić information content (AvgIpc) is 4.04. The second kappa shape index (κ2) is 13.6. The molecule has 3 aromatic heterocycles. The molecule has 2 aliphatic rings. The number of nitrogens with one attached hydrogen (secondary N) is 2. The zero-order chi connectivity index (χ0) is 35.9. The van der Waals surface area contributed by atoms with Crippen LogP contribution < -0.4 is 9.47 Å². The Bertz CT molecular complexity index is 2730. The molecule has 5 heterocycles. The number of ether oxygens (including phenoxy) is 2. The molecule has 0 atom stereocenters. The summed E-state index contributed by atoms with van der Waals surface area (Å²) < 4.78 is 12.1. The molecule has 2 aliphatic heterocycles. The van der Waals surface area contributed by atoms with Gasteiger partial charge in [0.25, 0.3) is 0 Å². The fourth-order valence-electron chi connectivity index (χ4n) is 7.16. The molecule has 6 nitrogen and oxygen atoms in total. The van der Waals surface area contributed by atoms with E-state index in [1.807, 2.05) is 30.3 Å². The van der Waals surface area contributed by atoms with Crippen molar-refractivity contribution in [3.8, 4) is 56.0 Å². The van der Waals surface area contributed by atoms with E-state index in [2.05, 4.69) is 147 Å². The number of fused-ring (bicyclic) bond motifs is 8. The Morgan fingerprint density at radius 1 is 0.396 bits per heavy atom. The topological polar surface area (TPSA) is 75.8 Å². The first-order valence-corrected chi connectivity index (χ1v) is 18.1. The number of aromatic nitrogens is 4. The highest BCUT2D eigenvalue weighted by Gasteiger charge is 2.19. The van der Waals surface area contributed by atoms with Gasteiger partial charge in [0.05, 0.1) is 37.0 Å². The van der Waals surface area contributed by atoms with Gasteiger partial charge < -0.3 is 19.4 Å². The van der Waals surface area contributed by atoms with Gasteiger partial charge in [0, 0.05) is 48.8 Å². The number of halogens is 1. The SMILES string of the molecule is COc1ccc(-c2c3nc(c(-c4ccccc4)c4ccc([nH]4)c(-c4ccc(Br)cc4)c4nc(c(-c5ccc(OC)cc5)c5ccc2[nH]5)C=C4)C=C3)cc1. The second-order valence-corrected chi connectivity index (χ2v) is 13.7. The summed E-state index contributed by atoms with van der Waals surface area (Å²) in [7, 11) is 3.37. The average molecular weight is 754 g/mol. The van der Waals surface area contributed by atoms with Crippen LogP contribution in [0.3, 0.4) is 0 Å². The number of aromatic amines is 2. The maximum Gasteiger partial charge on any atom is 0.118 e. The highest BCUT2D eigenvalue weighted by Crippen LogP contribution is 2.39. The molecule has 2 N–H and O–H groups in total. The van der Waals surface area contributed by atoms with Gasteiger partial charge in [-0.25, -0.2) is 9.97 Å². The number of hydrogen-bond acceptors (Lipinski definition) is 4. The summed E-state index contributed by atoms with van der Waals surface area (Å²) in [5, 5.41) is 0. The first-order valence-electron chi connectivity index (χ1n) is 17.3. The van der Waals surface area contributed by atoms with Gasteiger partial charge >= 0.3 is 0 Å². The van der Waals surface area contributed by atoms with Gasteiger partial charge in [0.15, 0.2) is 0 Å². The van der Waals surface area contributed by atoms with Gasteiger partial charge in [0.1, 0.15) is 11.5 Å². The van der Waals surface area contributed by atoms with E-state index in [0.717, 1.165) is 105 Å². The van der Waals surface area contributed by atoms with Gasteiger partial charge in [-0.2, -0.15) is 0 Å². The van der Waals surface area contributed by atoms with Crippen molar-refractivity contribution >= 4 is 62.3 Å². The van der Waals surface area contributed by atoms with Crippen molar-refractivity contribution in [3.05, 3.63) is 155 Å². The van der Waals surface area contributed by atoms with E-state index in [0.29, 0.717) is 0 Å². The number of benzene rings is 4. The summed E-state index contributed by atoms with van der Waals surface area (Å²) in [6, 6.07) is 43.7. The Morgan fingerprint density at radius 2 is 0.717 bits per heavy atom. The zero-order valence-corrected chi connectivity index (χ0v) is 30.6. The smallest absolute Gasteiger partial charge is 0.118 e. The largest absolute Gasteiger partial charge is 0.497 e. The Hall–Kier alpha value is -6.44. The van der Waals surface area contributed by atoms with Crippen LogP contribution in [0.5, 0.6) is 11.5 Å². The first kappa shape index (κ1) is 32.5. The van der Waals surface area contributed by atoms with Crippen LogP contribution in [0.25, 0.3) is 90.9 Å². The summed E-state index contributed by atoms with van der Waals surface area (Å²) >= 11 is 3.63. The fourth-order valence-corrected chi connectivity index (χ4v) is 7.42. The third-order valence-corrected chi connectivity index (χ3v) is 10.2. The molecule has 0 amide bonds. The Balaban J connectivity index is 1.45. The molecule has 8 bridgehead atoms. The number of hydrogen-bond donors (Lipinski definition) is 2. The minimum absolute atomic E-state index is 0.791. The predicted octanol–water partition coefficient (Wildman–Crippen LogP) is 12.1. The molecule has 0 aliphatic carbocycles. The molecule has 0 saturated heterocycles. The number of rotatable bonds is 6.